The highest BCUT2D eigenvalue weighted by Crippen LogP contribution is 2.51. The minimum atomic E-state index is 0.0555. The minimum Gasteiger partial charge on any atom is -0.291 e. The fourth-order valence-corrected chi connectivity index (χ4v) is 5.43. The summed E-state index contributed by atoms with van der Waals surface area (Å²) < 4.78 is 0. The fraction of sp³-hybridized carbons (Fsp3) is 0.929. The van der Waals surface area contributed by atoms with Gasteiger partial charge in [-0.05, 0) is 38.5 Å². The Balaban J connectivity index is 4.75. The monoisotopic (exact) mass is 243 g/mol. The van der Waals surface area contributed by atoms with Crippen LogP contribution in [-0.2, 0) is 0 Å². The Morgan fingerprint density at radius 1 is 1.06 bits per heavy atom. The van der Waals surface area contributed by atoms with Crippen LogP contribution in [0.4, 0.5) is 0 Å². The normalized spacial score (nSPS) is 15.7. The lowest BCUT2D eigenvalue weighted by molar-refractivity contribution is 0.584. The molecule has 16 heavy (non-hydrogen) atoms. The highest BCUT2D eigenvalue weighted by Gasteiger charge is 2.24. The average Bonchev–Trinajstić information content (AvgIpc) is 2.08. The molecule has 0 aliphatic heterocycles. The van der Waals surface area contributed by atoms with Gasteiger partial charge in [0.15, 0.2) is 0 Å². The molecule has 0 fully saturated rings. The van der Waals surface area contributed by atoms with Crippen molar-refractivity contribution in [3.63, 3.8) is 0 Å². The van der Waals surface area contributed by atoms with Gasteiger partial charge in [-0.1, -0.05) is 42.5 Å². The molecule has 0 spiro atoms. The average molecular weight is 243 g/mol. The molecule has 0 aliphatic carbocycles. The first-order valence-electron chi connectivity index (χ1n) is 6.51. The van der Waals surface area contributed by atoms with E-state index in [0.29, 0.717) is 5.66 Å². The van der Waals surface area contributed by atoms with Gasteiger partial charge in [0.2, 0.25) is 0 Å². The number of nitrogens with zero attached hydrogens (tertiary/aromatic N) is 1. The molecule has 0 rings (SSSR count). The first-order chi connectivity index (χ1) is 7.19. The molecule has 1 nitrogen and oxygen atoms in total. The van der Waals surface area contributed by atoms with Crippen molar-refractivity contribution in [2.24, 2.45) is 4.99 Å². The summed E-state index contributed by atoms with van der Waals surface area (Å²) in [5.74, 6) is 0. The number of rotatable bonds is 5. The van der Waals surface area contributed by atoms with Crippen molar-refractivity contribution in [2.45, 2.75) is 84.3 Å². The van der Waals surface area contributed by atoms with Crippen LogP contribution >= 0.6 is 7.92 Å². The second-order valence-electron chi connectivity index (χ2n) is 6.06. The van der Waals surface area contributed by atoms with Gasteiger partial charge in [-0.15, -0.1) is 0 Å². The molecule has 1 atom stereocenters. The lowest BCUT2D eigenvalue weighted by atomic mass is 10.1. The van der Waals surface area contributed by atoms with Crippen LogP contribution < -0.4 is 0 Å². The summed E-state index contributed by atoms with van der Waals surface area (Å²) in [6, 6.07) is 0. The van der Waals surface area contributed by atoms with E-state index in [0.717, 1.165) is 11.3 Å². The van der Waals surface area contributed by atoms with E-state index in [1.54, 1.807) is 0 Å². The zero-order chi connectivity index (χ0) is 12.9. The van der Waals surface area contributed by atoms with E-state index < -0.39 is 0 Å². The van der Waals surface area contributed by atoms with Gasteiger partial charge in [0.1, 0.15) is 0 Å². The fourth-order valence-electron chi connectivity index (χ4n) is 2.07. The van der Waals surface area contributed by atoms with Crippen molar-refractivity contribution in [1.82, 2.24) is 0 Å². The maximum absolute atomic E-state index is 4.70. The highest BCUT2D eigenvalue weighted by molar-refractivity contribution is 7.60. The summed E-state index contributed by atoms with van der Waals surface area (Å²) in [5, 5.41) is 0. The molecule has 0 heterocycles. The molecule has 0 aromatic carbocycles. The first-order valence-corrected chi connectivity index (χ1v) is 8.06. The van der Waals surface area contributed by atoms with Gasteiger partial charge in [-0.3, -0.25) is 4.99 Å². The zero-order valence-corrected chi connectivity index (χ0v) is 13.3. The van der Waals surface area contributed by atoms with Crippen LogP contribution in [-0.4, -0.2) is 28.7 Å². The summed E-state index contributed by atoms with van der Waals surface area (Å²) in [4.78, 5) is 4.70. The molecular formula is C14H30NP. The molecule has 0 saturated carbocycles. The van der Waals surface area contributed by atoms with Crippen molar-refractivity contribution in [3.8, 4) is 0 Å². The van der Waals surface area contributed by atoms with Crippen LogP contribution in [0.25, 0.3) is 0 Å². The molecule has 0 aliphatic rings. The van der Waals surface area contributed by atoms with Crippen molar-refractivity contribution < 1.29 is 0 Å². The minimum absolute atomic E-state index is 0.0555. The Morgan fingerprint density at radius 3 is 1.75 bits per heavy atom. The molecule has 0 aromatic rings. The van der Waals surface area contributed by atoms with E-state index in [2.05, 4.69) is 61.6 Å². The number of aliphatic imine (C=N–C) groups is 1. The van der Waals surface area contributed by atoms with E-state index in [1.165, 1.54) is 6.42 Å². The van der Waals surface area contributed by atoms with Gasteiger partial charge in [-0.25, -0.2) is 0 Å². The maximum Gasteiger partial charge on any atom is 0.0520 e. The van der Waals surface area contributed by atoms with Crippen LogP contribution in [0.15, 0.2) is 4.99 Å². The Morgan fingerprint density at radius 2 is 1.50 bits per heavy atom. The van der Waals surface area contributed by atoms with E-state index >= 15 is 0 Å². The van der Waals surface area contributed by atoms with Gasteiger partial charge < -0.3 is 0 Å². The maximum atomic E-state index is 4.70. The van der Waals surface area contributed by atoms with Crippen molar-refractivity contribution in [1.29, 1.82) is 0 Å². The third-order valence-electron chi connectivity index (χ3n) is 2.63. The van der Waals surface area contributed by atoms with Gasteiger partial charge in [0.05, 0.1) is 5.54 Å². The molecule has 0 amide bonds. The SMILES string of the molecule is CC[C@@H](C=NC(C)(C)C)P(C(C)C)C(C)C. The van der Waals surface area contributed by atoms with Crippen molar-refractivity contribution >= 4 is 14.1 Å². The molecule has 0 N–H and O–H groups in total. The van der Waals surface area contributed by atoms with Crippen LogP contribution in [0.2, 0.25) is 0 Å². The number of hydrogen-bond donors (Lipinski definition) is 0. The summed E-state index contributed by atoms with van der Waals surface area (Å²) >= 11 is 0. The molecule has 0 bridgehead atoms. The van der Waals surface area contributed by atoms with Crippen LogP contribution in [0.1, 0.15) is 61.8 Å². The third-order valence-corrected chi connectivity index (χ3v) is 6.28. The quantitative estimate of drug-likeness (QED) is 0.479. The van der Waals surface area contributed by atoms with Crippen molar-refractivity contribution in [2.75, 3.05) is 0 Å². The Hall–Kier alpha value is 0.100. The summed E-state index contributed by atoms with van der Waals surface area (Å²) in [6.45, 7) is 18.2. The van der Waals surface area contributed by atoms with Gasteiger partial charge in [0, 0.05) is 11.9 Å². The van der Waals surface area contributed by atoms with Gasteiger partial charge in [-0.2, -0.15) is 0 Å². The molecule has 0 aromatic heterocycles. The lowest BCUT2D eigenvalue weighted by Crippen LogP contribution is -2.20. The third kappa shape index (κ3) is 5.99. The van der Waals surface area contributed by atoms with E-state index in [-0.39, 0.29) is 13.5 Å². The van der Waals surface area contributed by atoms with Crippen LogP contribution in [0, 0.1) is 0 Å². The Bertz CT molecular complexity index is 205. The van der Waals surface area contributed by atoms with Crippen LogP contribution in [0.3, 0.4) is 0 Å². The van der Waals surface area contributed by atoms with E-state index in [1.807, 2.05) is 0 Å². The molecule has 0 radical (unpaired) electrons. The van der Waals surface area contributed by atoms with E-state index in [9.17, 15) is 0 Å². The van der Waals surface area contributed by atoms with Gasteiger partial charge >= 0.3 is 0 Å². The summed E-state index contributed by atoms with van der Waals surface area (Å²) in [5.41, 5.74) is 2.36. The lowest BCUT2D eigenvalue weighted by Gasteiger charge is -2.32. The Kier molecular flexibility index (Phi) is 6.79. The predicted octanol–water partition coefficient (Wildman–Crippen LogP) is 4.93. The second kappa shape index (κ2) is 6.74. The molecule has 96 valence electrons. The predicted molar refractivity (Wildman–Crippen MR) is 79.5 cm³/mol. The van der Waals surface area contributed by atoms with Crippen molar-refractivity contribution in [3.05, 3.63) is 0 Å². The first kappa shape index (κ1) is 16.1. The van der Waals surface area contributed by atoms with Crippen LogP contribution in [0.5, 0.6) is 0 Å². The molecule has 0 unspecified atom stereocenters. The summed E-state index contributed by atoms with van der Waals surface area (Å²) in [7, 11) is 0.0555. The summed E-state index contributed by atoms with van der Waals surface area (Å²) in [6.07, 6.45) is 3.47. The smallest absolute Gasteiger partial charge is 0.0520 e. The standard InChI is InChI=1S/C14H30NP/c1-9-13(10-15-14(6,7)8)16(11(2)3)12(4)5/h10-13H,9H2,1-8H3/t13-/m0/s1. The highest BCUT2D eigenvalue weighted by atomic mass is 31.1. The molecule has 0 saturated heterocycles. The van der Waals surface area contributed by atoms with E-state index in [4.69, 9.17) is 4.99 Å². The number of hydrogen-bond acceptors (Lipinski definition) is 1. The topological polar surface area (TPSA) is 12.4 Å². The molecular weight excluding hydrogens is 213 g/mol. The van der Waals surface area contributed by atoms with Gasteiger partial charge in [0.25, 0.3) is 0 Å². The molecule has 2 heteroatoms. The zero-order valence-electron chi connectivity index (χ0n) is 12.4. The second-order valence-corrected chi connectivity index (χ2v) is 9.68. The largest absolute Gasteiger partial charge is 0.291 e. The Labute approximate surface area is 104 Å².